The van der Waals surface area contributed by atoms with Crippen LogP contribution in [0.1, 0.15) is 19.5 Å². The predicted octanol–water partition coefficient (Wildman–Crippen LogP) is 3.16. The van der Waals surface area contributed by atoms with Gasteiger partial charge in [0, 0.05) is 21.1 Å². The van der Waals surface area contributed by atoms with Crippen molar-refractivity contribution >= 4 is 26.8 Å². The van der Waals surface area contributed by atoms with Crippen molar-refractivity contribution in [3.8, 4) is 0 Å². The highest BCUT2D eigenvalue weighted by Crippen LogP contribution is 2.28. The molecule has 2 N–H and O–H groups in total. The van der Waals surface area contributed by atoms with Crippen LogP contribution in [0.15, 0.2) is 28.7 Å². The van der Waals surface area contributed by atoms with Crippen LogP contribution < -0.4 is 0 Å². The van der Waals surface area contributed by atoms with Gasteiger partial charge in [-0.3, -0.25) is 0 Å². The Morgan fingerprint density at radius 2 is 2.07 bits per heavy atom. The Morgan fingerprint density at radius 3 is 2.64 bits per heavy atom. The standard InChI is InChI=1S/C11H12BrNO/c1-11(2,14)10-6-7-8(12)4-3-5-9(7)13-10/h3-6,13-14H,1-2H3. The Morgan fingerprint density at radius 1 is 1.36 bits per heavy atom. The molecule has 1 heterocycles. The lowest BCUT2D eigenvalue weighted by molar-refractivity contribution is 0.0747. The summed E-state index contributed by atoms with van der Waals surface area (Å²) in [4.78, 5) is 3.20. The molecule has 0 aliphatic carbocycles. The van der Waals surface area contributed by atoms with Gasteiger partial charge in [0.25, 0.3) is 0 Å². The predicted molar refractivity (Wildman–Crippen MR) is 61.2 cm³/mol. The molecule has 3 heteroatoms. The first-order chi connectivity index (χ1) is 6.48. The van der Waals surface area contributed by atoms with Crippen LogP contribution in [0.5, 0.6) is 0 Å². The number of aliphatic hydroxyl groups is 1. The topological polar surface area (TPSA) is 36.0 Å². The van der Waals surface area contributed by atoms with Crippen molar-refractivity contribution in [2.75, 3.05) is 0 Å². The smallest absolute Gasteiger partial charge is 0.0987 e. The number of hydrogen-bond donors (Lipinski definition) is 2. The zero-order valence-electron chi connectivity index (χ0n) is 8.13. The third-order valence-corrected chi connectivity index (χ3v) is 2.96. The molecule has 2 aromatic rings. The molecule has 0 aliphatic heterocycles. The fraction of sp³-hybridized carbons (Fsp3) is 0.273. The van der Waals surface area contributed by atoms with Gasteiger partial charge in [0.15, 0.2) is 0 Å². The number of rotatable bonds is 1. The SMILES string of the molecule is CC(C)(O)c1cc2c(Br)cccc2[nH]1. The van der Waals surface area contributed by atoms with Crippen LogP contribution in [0.4, 0.5) is 0 Å². The fourth-order valence-electron chi connectivity index (χ4n) is 1.45. The number of halogens is 1. The summed E-state index contributed by atoms with van der Waals surface area (Å²) in [5.74, 6) is 0. The molecule has 74 valence electrons. The van der Waals surface area contributed by atoms with Crippen LogP contribution in [0.25, 0.3) is 10.9 Å². The molecule has 14 heavy (non-hydrogen) atoms. The second kappa shape index (κ2) is 3.11. The van der Waals surface area contributed by atoms with E-state index in [1.54, 1.807) is 13.8 Å². The van der Waals surface area contributed by atoms with E-state index in [9.17, 15) is 5.11 Å². The molecule has 0 bridgehead atoms. The molecule has 0 unspecified atom stereocenters. The van der Waals surface area contributed by atoms with Gasteiger partial charge in [-0.25, -0.2) is 0 Å². The van der Waals surface area contributed by atoms with Crippen LogP contribution in [0.3, 0.4) is 0 Å². The van der Waals surface area contributed by atoms with Crippen LogP contribution >= 0.6 is 15.9 Å². The summed E-state index contributed by atoms with van der Waals surface area (Å²) in [5.41, 5.74) is 1.05. The molecule has 1 aromatic carbocycles. The van der Waals surface area contributed by atoms with E-state index < -0.39 is 5.60 Å². The maximum absolute atomic E-state index is 9.83. The number of aromatic amines is 1. The summed E-state index contributed by atoms with van der Waals surface area (Å²) < 4.78 is 1.04. The van der Waals surface area contributed by atoms with Gasteiger partial charge in [0.2, 0.25) is 0 Å². The molecule has 2 rings (SSSR count). The minimum Gasteiger partial charge on any atom is -0.384 e. The van der Waals surface area contributed by atoms with E-state index in [4.69, 9.17) is 0 Å². The first-order valence-corrected chi connectivity index (χ1v) is 5.28. The largest absolute Gasteiger partial charge is 0.384 e. The Hall–Kier alpha value is -0.800. The summed E-state index contributed by atoms with van der Waals surface area (Å²) in [6.45, 7) is 3.54. The van der Waals surface area contributed by atoms with Crippen molar-refractivity contribution < 1.29 is 5.11 Å². The Bertz CT molecular complexity index is 468. The van der Waals surface area contributed by atoms with Gasteiger partial charge in [0.1, 0.15) is 0 Å². The van der Waals surface area contributed by atoms with Crippen molar-refractivity contribution in [2.24, 2.45) is 0 Å². The number of aromatic nitrogens is 1. The number of benzene rings is 1. The molecule has 0 spiro atoms. The fourth-order valence-corrected chi connectivity index (χ4v) is 1.93. The molecular weight excluding hydrogens is 242 g/mol. The molecule has 0 saturated carbocycles. The monoisotopic (exact) mass is 253 g/mol. The number of H-pyrrole nitrogens is 1. The minimum atomic E-state index is -0.821. The number of nitrogens with one attached hydrogen (secondary N) is 1. The third-order valence-electron chi connectivity index (χ3n) is 2.27. The van der Waals surface area contributed by atoms with Crippen LogP contribution in [0.2, 0.25) is 0 Å². The molecule has 0 atom stereocenters. The van der Waals surface area contributed by atoms with Crippen molar-refractivity contribution in [1.29, 1.82) is 0 Å². The van der Waals surface area contributed by atoms with Crippen molar-refractivity contribution in [2.45, 2.75) is 19.4 Å². The molecule has 1 aromatic heterocycles. The summed E-state index contributed by atoms with van der Waals surface area (Å²) in [6.07, 6.45) is 0. The average Bonchev–Trinajstić information content (AvgIpc) is 2.48. The lowest BCUT2D eigenvalue weighted by Crippen LogP contribution is -2.15. The van der Waals surface area contributed by atoms with E-state index >= 15 is 0 Å². The lowest BCUT2D eigenvalue weighted by Gasteiger charge is -2.14. The van der Waals surface area contributed by atoms with E-state index in [0.29, 0.717) is 0 Å². The first kappa shape index (κ1) is 9.74. The Kier molecular flexibility index (Phi) is 2.16. The summed E-state index contributed by atoms with van der Waals surface area (Å²) in [6, 6.07) is 7.93. The summed E-state index contributed by atoms with van der Waals surface area (Å²) in [5, 5.41) is 10.9. The zero-order chi connectivity index (χ0) is 10.3. The van der Waals surface area contributed by atoms with Crippen molar-refractivity contribution in [3.63, 3.8) is 0 Å². The molecule has 0 saturated heterocycles. The molecular formula is C11H12BrNO. The highest BCUT2D eigenvalue weighted by atomic mass is 79.9. The van der Waals surface area contributed by atoms with E-state index in [1.807, 2.05) is 24.3 Å². The highest BCUT2D eigenvalue weighted by molar-refractivity contribution is 9.10. The van der Waals surface area contributed by atoms with Gasteiger partial charge in [-0.1, -0.05) is 22.0 Å². The Labute approximate surface area is 91.1 Å². The van der Waals surface area contributed by atoms with Gasteiger partial charge >= 0.3 is 0 Å². The van der Waals surface area contributed by atoms with Crippen LogP contribution in [0, 0.1) is 0 Å². The second-order valence-electron chi connectivity index (χ2n) is 3.94. The average molecular weight is 254 g/mol. The first-order valence-electron chi connectivity index (χ1n) is 4.48. The van der Waals surface area contributed by atoms with E-state index in [1.165, 1.54) is 0 Å². The van der Waals surface area contributed by atoms with Crippen molar-refractivity contribution in [3.05, 3.63) is 34.4 Å². The van der Waals surface area contributed by atoms with Gasteiger partial charge in [-0.15, -0.1) is 0 Å². The van der Waals surface area contributed by atoms with Gasteiger partial charge in [-0.05, 0) is 32.0 Å². The van der Waals surface area contributed by atoms with E-state index in [2.05, 4.69) is 20.9 Å². The maximum atomic E-state index is 9.83. The minimum absolute atomic E-state index is 0.821. The number of fused-ring (bicyclic) bond motifs is 1. The summed E-state index contributed by atoms with van der Waals surface area (Å²) in [7, 11) is 0. The van der Waals surface area contributed by atoms with Gasteiger partial charge in [0.05, 0.1) is 5.60 Å². The van der Waals surface area contributed by atoms with Crippen LogP contribution in [-0.4, -0.2) is 10.1 Å². The molecule has 0 fully saturated rings. The lowest BCUT2D eigenvalue weighted by atomic mass is 10.1. The molecule has 0 radical (unpaired) electrons. The zero-order valence-corrected chi connectivity index (χ0v) is 9.72. The van der Waals surface area contributed by atoms with Crippen LogP contribution in [-0.2, 0) is 5.60 Å². The third kappa shape index (κ3) is 1.57. The normalized spacial score (nSPS) is 12.3. The molecule has 0 aliphatic rings. The van der Waals surface area contributed by atoms with Crippen molar-refractivity contribution in [1.82, 2.24) is 4.98 Å². The quantitative estimate of drug-likeness (QED) is 0.805. The van der Waals surface area contributed by atoms with E-state index in [0.717, 1.165) is 21.1 Å². The van der Waals surface area contributed by atoms with Gasteiger partial charge in [-0.2, -0.15) is 0 Å². The Balaban J connectivity index is 2.69. The summed E-state index contributed by atoms with van der Waals surface area (Å²) >= 11 is 3.48. The second-order valence-corrected chi connectivity index (χ2v) is 4.80. The molecule has 0 amide bonds. The number of hydrogen-bond acceptors (Lipinski definition) is 1. The van der Waals surface area contributed by atoms with E-state index in [-0.39, 0.29) is 0 Å². The highest BCUT2D eigenvalue weighted by Gasteiger charge is 2.18. The van der Waals surface area contributed by atoms with Gasteiger partial charge < -0.3 is 10.1 Å². The maximum Gasteiger partial charge on any atom is 0.0987 e. The molecule has 2 nitrogen and oxygen atoms in total.